The van der Waals surface area contributed by atoms with Gasteiger partial charge in [-0.05, 0) is 70.7 Å². The molecule has 0 radical (unpaired) electrons. The van der Waals surface area contributed by atoms with E-state index in [-0.39, 0.29) is 29.3 Å². The Bertz CT molecular complexity index is 1020. The number of para-hydroxylation sites is 1. The van der Waals surface area contributed by atoms with Crippen LogP contribution in [0.5, 0.6) is 11.5 Å². The van der Waals surface area contributed by atoms with E-state index in [1.165, 1.54) is 0 Å². The Labute approximate surface area is 220 Å². The summed E-state index contributed by atoms with van der Waals surface area (Å²) in [4.78, 5) is 14.7. The molecule has 7 nitrogen and oxygen atoms in total. The summed E-state index contributed by atoms with van der Waals surface area (Å²) in [5.74, 6) is -0.242. The second-order valence-corrected chi connectivity index (χ2v) is 10.1. The lowest BCUT2D eigenvalue weighted by atomic mass is 9.74. The molecule has 0 saturated carbocycles. The predicted octanol–water partition coefficient (Wildman–Crippen LogP) is 4.96. The number of amides is 2. The molecule has 1 fully saturated rings. The van der Waals surface area contributed by atoms with Gasteiger partial charge in [0, 0.05) is 50.9 Å². The first-order valence-electron chi connectivity index (χ1n) is 13.2. The molecule has 0 aliphatic carbocycles. The third-order valence-electron chi connectivity index (χ3n) is 7.16. The number of likely N-dealkylation sites (tertiary alicyclic amines) is 1. The van der Waals surface area contributed by atoms with E-state index in [0.717, 1.165) is 18.4 Å². The van der Waals surface area contributed by atoms with Crippen LogP contribution >= 0.6 is 0 Å². The van der Waals surface area contributed by atoms with Crippen LogP contribution in [0.1, 0.15) is 50.2 Å². The quantitative estimate of drug-likeness (QED) is 0.348. The van der Waals surface area contributed by atoms with Gasteiger partial charge in [0.15, 0.2) is 11.6 Å². The largest absolute Gasteiger partial charge is 0.454 e. The number of likely N-dealkylation sites (N-methyl/N-ethyl adjacent to an activating group) is 1. The number of halogens is 1. The Morgan fingerprint density at radius 2 is 1.97 bits per heavy atom. The number of rotatable bonds is 12. The number of nitrogens with one attached hydrogen (secondary N) is 2. The van der Waals surface area contributed by atoms with Crippen molar-refractivity contribution >= 4 is 6.03 Å². The molecule has 0 aromatic heterocycles. The Morgan fingerprint density at radius 1 is 1.22 bits per heavy atom. The lowest BCUT2D eigenvalue weighted by Gasteiger charge is -2.43. The molecule has 1 saturated heterocycles. The highest BCUT2D eigenvalue weighted by Crippen LogP contribution is 2.43. The van der Waals surface area contributed by atoms with Gasteiger partial charge in [0.25, 0.3) is 0 Å². The van der Waals surface area contributed by atoms with Crippen LogP contribution in [0.25, 0.3) is 0 Å². The fourth-order valence-electron chi connectivity index (χ4n) is 5.12. The first-order chi connectivity index (χ1) is 17.8. The second kappa shape index (κ2) is 13.7. The third-order valence-corrected chi connectivity index (χ3v) is 7.16. The second-order valence-electron chi connectivity index (χ2n) is 10.1. The van der Waals surface area contributed by atoms with Gasteiger partial charge in [-0.2, -0.15) is 0 Å². The molecule has 1 unspecified atom stereocenters. The summed E-state index contributed by atoms with van der Waals surface area (Å²) in [6.07, 6.45) is 3.20. The van der Waals surface area contributed by atoms with E-state index in [1.807, 2.05) is 39.1 Å². The number of ether oxygens (including phenoxy) is 2. The number of aryl methyl sites for hydroxylation is 1. The van der Waals surface area contributed by atoms with Gasteiger partial charge in [0.05, 0.1) is 5.60 Å². The van der Waals surface area contributed by atoms with Crippen molar-refractivity contribution in [3.63, 3.8) is 0 Å². The monoisotopic (exact) mass is 515 g/mol. The van der Waals surface area contributed by atoms with Crippen molar-refractivity contribution in [1.82, 2.24) is 15.5 Å². The summed E-state index contributed by atoms with van der Waals surface area (Å²) in [5.41, 5.74) is -0.353. The third kappa shape index (κ3) is 7.43. The lowest BCUT2D eigenvalue weighted by molar-refractivity contribution is -0.0589. The molecule has 8 heteroatoms. The normalized spacial score (nSPS) is 18.2. The molecule has 3 rings (SSSR count). The van der Waals surface area contributed by atoms with Gasteiger partial charge >= 0.3 is 6.03 Å². The average Bonchev–Trinajstić information content (AvgIpc) is 2.89. The number of unbranched alkanes of at least 4 members (excludes halogenated alkanes) is 1. The van der Waals surface area contributed by atoms with Gasteiger partial charge in [0.2, 0.25) is 0 Å². The number of carbonyl (C=O) groups is 1. The van der Waals surface area contributed by atoms with Crippen LogP contribution in [0.2, 0.25) is 0 Å². The van der Waals surface area contributed by atoms with Crippen LogP contribution in [0.15, 0.2) is 42.5 Å². The van der Waals surface area contributed by atoms with Gasteiger partial charge in [0.1, 0.15) is 5.75 Å². The molecule has 0 bridgehead atoms. The molecular formula is C29H42FN3O4. The van der Waals surface area contributed by atoms with Crippen molar-refractivity contribution in [3.8, 4) is 11.5 Å². The summed E-state index contributed by atoms with van der Waals surface area (Å²) in [7, 11) is 3.49. The van der Waals surface area contributed by atoms with E-state index in [9.17, 15) is 9.90 Å². The zero-order chi connectivity index (χ0) is 26.8. The molecular weight excluding hydrogens is 473 g/mol. The average molecular weight is 516 g/mol. The zero-order valence-electron chi connectivity index (χ0n) is 22.6. The Balaban J connectivity index is 1.89. The van der Waals surface area contributed by atoms with Crippen molar-refractivity contribution in [2.24, 2.45) is 5.92 Å². The van der Waals surface area contributed by atoms with E-state index >= 15 is 4.39 Å². The number of carbonyl (C=O) groups excluding carboxylic acids is 1. The van der Waals surface area contributed by atoms with E-state index in [4.69, 9.17) is 9.47 Å². The molecule has 0 spiro atoms. The van der Waals surface area contributed by atoms with Crippen LogP contribution in [0, 0.1) is 18.7 Å². The first-order valence-corrected chi connectivity index (χ1v) is 13.2. The topological polar surface area (TPSA) is 83.1 Å². The summed E-state index contributed by atoms with van der Waals surface area (Å²) < 4.78 is 27.2. The van der Waals surface area contributed by atoms with Gasteiger partial charge in [-0.1, -0.05) is 30.3 Å². The van der Waals surface area contributed by atoms with Gasteiger partial charge in [-0.3, -0.25) is 0 Å². The van der Waals surface area contributed by atoms with Crippen molar-refractivity contribution in [2.75, 3.05) is 40.4 Å². The van der Waals surface area contributed by atoms with Crippen LogP contribution < -0.4 is 15.4 Å². The maximum Gasteiger partial charge on any atom is 0.317 e. The Kier molecular flexibility index (Phi) is 10.7. The Morgan fingerprint density at radius 3 is 2.70 bits per heavy atom. The van der Waals surface area contributed by atoms with Crippen molar-refractivity contribution in [3.05, 3.63) is 59.4 Å². The van der Waals surface area contributed by atoms with E-state index in [0.29, 0.717) is 51.3 Å². The number of methoxy groups -OCH3 is 1. The van der Waals surface area contributed by atoms with Gasteiger partial charge in [-0.15, -0.1) is 0 Å². The number of benzene rings is 2. The van der Waals surface area contributed by atoms with Crippen LogP contribution in [-0.2, 0) is 10.3 Å². The smallest absolute Gasteiger partial charge is 0.317 e. The number of hydrogen-bond acceptors (Lipinski definition) is 5. The highest BCUT2D eigenvalue weighted by Gasteiger charge is 2.43. The van der Waals surface area contributed by atoms with Gasteiger partial charge < -0.3 is 30.1 Å². The van der Waals surface area contributed by atoms with E-state index in [2.05, 4.69) is 10.6 Å². The summed E-state index contributed by atoms with van der Waals surface area (Å²) in [5, 5.41) is 18.3. The molecule has 37 heavy (non-hydrogen) atoms. The number of hydrogen-bond donors (Lipinski definition) is 3. The minimum absolute atomic E-state index is 0.0291. The number of aliphatic hydroxyl groups is 1. The van der Waals surface area contributed by atoms with Crippen LogP contribution in [0.4, 0.5) is 9.18 Å². The van der Waals surface area contributed by atoms with Crippen molar-refractivity contribution in [1.29, 1.82) is 0 Å². The SMILES string of the molecule is CNCC(C)NC(=O)N1CCC[C@@H]([C@@](O)(CCCCOC)c2cccc(Oc3ccccc3C)c2F)C1. The highest BCUT2D eigenvalue weighted by molar-refractivity contribution is 5.74. The first kappa shape index (κ1) is 28.9. The molecule has 3 N–H and O–H groups in total. The molecule has 1 heterocycles. The summed E-state index contributed by atoms with van der Waals surface area (Å²) in [6.45, 7) is 6.02. The number of piperidine rings is 1. The van der Waals surface area contributed by atoms with Crippen LogP contribution in [0.3, 0.4) is 0 Å². The minimum Gasteiger partial charge on any atom is -0.454 e. The standard InChI is InChI=1S/C29H42FN3O4/c1-21-11-5-6-14-25(21)37-26-15-9-13-24(27(26)30)29(35,16-7-8-18-36-4)23-12-10-17-33(20-23)28(34)32-22(2)19-31-3/h5-6,9,11,13-15,22-23,31,35H,7-8,10,12,16-20H2,1-4H3,(H,32,34)/t22?,23-,29+/m1/s1. The molecule has 1 aliphatic rings. The number of urea groups is 1. The highest BCUT2D eigenvalue weighted by atomic mass is 19.1. The Hall–Kier alpha value is -2.68. The summed E-state index contributed by atoms with van der Waals surface area (Å²) in [6, 6.07) is 12.2. The lowest BCUT2D eigenvalue weighted by Crippen LogP contribution is -2.53. The fourth-order valence-corrected chi connectivity index (χ4v) is 5.12. The van der Waals surface area contributed by atoms with Gasteiger partial charge in [-0.25, -0.2) is 9.18 Å². The maximum atomic E-state index is 16.0. The van der Waals surface area contributed by atoms with E-state index in [1.54, 1.807) is 36.3 Å². The number of nitrogens with zero attached hydrogens (tertiary/aromatic N) is 1. The van der Waals surface area contributed by atoms with Crippen LogP contribution in [-0.4, -0.2) is 62.5 Å². The molecule has 2 aromatic rings. The minimum atomic E-state index is -1.46. The molecule has 204 valence electrons. The summed E-state index contributed by atoms with van der Waals surface area (Å²) >= 11 is 0. The van der Waals surface area contributed by atoms with Crippen molar-refractivity contribution in [2.45, 2.75) is 57.6 Å². The molecule has 1 aliphatic heterocycles. The molecule has 2 amide bonds. The zero-order valence-corrected chi connectivity index (χ0v) is 22.6. The molecule has 3 atom stereocenters. The van der Waals surface area contributed by atoms with E-state index < -0.39 is 11.4 Å². The fraction of sp³-hybridized carbons (Fsp3) is 0.552. The predicted molar refractivity (Wildman–Crippen MR) is 143 cm³/mol. The van der Waals surface area contributed by atoms with Crippen molar-refractivity contribution < 1.29 is 23.8 Å². The molecule has 2 aromatic carbocycles. The maximum absolute atomic E-state index is 16.0.